The highest BCUT2D eigenvalue weighted by molar-refractivity contribution is 5.82. The Hall–Kier alpha value is -3.59. The standard InChI is InChI=1S/C30H38N2O7/c1-30(2,3)39-29(35)31-19-13-15-20(16-14-19)37-18-26(27(33)36-4)32-28(34)38-17-25-23-11-7-5-9-21(23)22-10-6-8-12-24(22)25/h5-12,19-20,25-26H,13-18H2,1-4H3,(H,31,35)(H,32,34)/t19-,20-,26-/m0/s1. The van der Waals surface area contributed by atoms with Crippen LogP contribution in [-0.2, 0) is 23.7 Å². The fourth-order valence-corrected chi connectivity index (χ4v) is 5.17. The summed E-state index contributed by atoms with van der Waals surface area (Å²) in [6, 6.07) is 15.2. The number of esters is 1. The molecule has 0 radical (unpaired) electrons. The van der Waals surface area contributed by atoms with Crippen LogP contribution >= 0.6 is 0 Å². The highest BCUT2D eigenvalue weighted by atomic mass is 16.6. The summed E-state index contributed by atoms with van der Waals surface area (Å²) in [7, 11) is 1.27. The van der Waals surface area contributed by atoms with Crippen molar-refractivity contribution in [3.63, 3.8) is 0 Å². The molecule has 2 aliphatic rings. The van der Waals surface area contributed by atoms with Gasteiger partial charge in [-0.3, -0.25) is 0 Å². The number of carbonyl (C=O) groups is 3. The predicted molar refractivity (Wildman–Crippen MR) is 145 cm³/mol. The van der Waals surface area contributed by atoms with Gasteiger partial charge in [0.1, 0.15) is 12.2 Å². The van der Waals surface area contributed by atoms with Crippen LogP contribution in [0.15, 0.2) is 48.5 Å². The molecule has 2 amide bonds. The molecule has 0 saturated heterocycles. The molecule has 0 spiro atoms. The van der Waals surface area contributed by atoms with Crippen LogP contribution in [0.4, 0.5) is 9.59 Å². The van der Waals surface area contributed by atoms with Crippen molar-refractivity contribution in [2.75, 3.05) is 20.3 Å². The number of fused-ring (bicyclic) bond motifs is 3. The number of rotatable bonds is 8. The average molecular weight is 539 g/mol. The molecule has 2 aliphatic carbocycles. The monoisotopic (exact) mass is 538 g/mol. The SMILES string of the molecule is COC(=O)[C@H](CO[C@H]1CC[C@H](NC(=O)OC(C)(C)C)CC1)NC(=O)OCC1c2ccccc2-c2ccccc21. The minimum Gasteiger partial charge on any atom is -0.467 e. The average Bonchev–Trinajstić information content (AvgIpc) is 3.22. The number of amides is 2. The van der Waals surface area contributed by atoms with E-state index in [1.165, 1.54) is 7.11 Å². The molecule has 0 aromatic heterocycles. The number of hydrogen-bond donors (Lipinski definition) is 2. The van der Waals surface area contributed by atoms with E-state index < -0.39 is 29.8 Å². The largest absolute Gasteiger partial charge is 0.467 e. The number of alkyl carbamates (subject to hydrolysis) is 2. The second-order valence-corrected chi connectivity index (χ2v) is 11.0. The summed E-state index contributed by atoms with van der Waals surface area (Å²) in [6.07, 6.45) is 1.64. The zero-order valence-corrected chi connectivity index (χ0v) is 23.0. The maximum absolute atomic E-state index is 12.7. The van der Waals surface area contributed by atoms with Gasteiger partial charge in [-0.1, -0.05) is 48.5 Å². The molecule has 1 atom stereocenters. The number of ether oxygens (including phenoxy) is 4. The number of carbonyl (C=O) groups excluding carboxylic acids is 3. The zero-order valence-electron chi connectivity index (χ0n) is 23.0. The van der Waals surface area contributed by atoms with E-state index in [1.54, 1.807) is 0 Å². The van der Waals surface area contributed by atoms with E-state index >= 15 is 0 Å². The molecule has 4 rings (SSSR count). The normalized spacial score (nSPS) is 19.3. The van der Waals surface area contributed by atoms with Gasteiger partial charge in [-0.15, -0.1) is 0 Å². The van der Waals surface area contributed by atoms with Gasteiger partial charge >= 0.3 is 18.2 Å². The lowest BCUT2D eigenvalue weighted by atomic mass is 9.93. The topological polar surface area (TPSA) is 112 Å². The summed E-state index contributed by atoms with van der Waals surface area (Å²) in [6.45, 7) is 5.58. The van der Waals surface area contributed by atoms with Crippen molar-refractivity contribution in [3.8, 4) is 11.1 Å². The second-order valence-electron chi connectivity index (χ2n) is 11.0. The number of nitrogens with one attached hydrogen (secondary N) is 2. The van der Waals surface area contributed by atoms with E-state index in [9.17, 15) is 14.4 Å². The van der Waals surface area contributed by atoms with Crippen molar-refractivity contribution in [1.29, 1.82) is 0 Å². The van der Waals surface area contributed by atoms with Gasteiger partial charge in [0.2, 0.25) is 0 Å². The van der Waals surface area contributed by atoms with Crippen LogP contribution in [0.1, 0.15) is 63.5 Å². The van der Waals surface area contributed by atoms with Crippen molar-refractivity contribution in [2.24, 2.45) is 0 Å². The Balaban J connectivity index is 1.25. The molecule has 2 N–H and O–H groups in total. The Kier molecular flexibility index (Phi) is 9.12. The molecule has 39 heavy (non-hydrogen) atoms. The minimum absolute atomic E-state index is 0.00931. The molecule has 0 bridgehead atoms. The van der Waals surface area contributed by atoms with Crippen LogP contribution in [-0.4, -0.2) is 62.3 Å². The Bertz CT molecular complexity index is 1120. The van der Waals surface area contributed by atoms with Crippen molar-refractivity contribution in [3.05, 3.63) is 59.7 Å². The van der Waals surface area contributed by atoms with Gasteiger partial charge in [-0.25, -0.2) is 14.4 Å². The molecule has 9 nitrogen and oxygen atoms in total. The first kappa shape index (κ1) is 28.4. The summed E-state index contributed by atoms with van der Waals surface area (Å²) in [5, 5.41) is 5.50. The molecule has 2 aromatic rings. The van der Waals surface area contributed by atoms with E-state index in [2.05, 4.69) is 22.8 Å². The van der Waals surface area contributed by atoms with Gasteiger partial charge in [0, 0.05) is 12.0 Å². The number of benzene rings is 2. The van der Waals surface area contributed by atoms with Crippen molar-refractivity contribution >= 4 is 18.2 Å². The lowest BCUT2D eigenvalue weighted by molar-refractivity contribution is -0.145. The van der Waals surface area contributed by atoms with Crippen molar-refractivity contribution in [1.82, 2.24) is 10.6 Å². The van der Waals surface area contributed by atoms with Gasteiger partial charge in [0.25, 0.3) is 0 Å². The highest BCUT2D eigenvalue weighted by Crippen LogP contribution is 2.44. The van der Waals surface area contributed by atoms with E-state index in [1.807, 2.05) is 57.2 Å². The smallest absolute Gasteiger partial charge is 0.407 e. The van der Waals surface area contributed by atoms with Crippen molar-refractivity contribution < 1.29 is 33.3 Å². The molecule has 0 aliphatic heterocycles. The third-order valence-electron chi connectivity index (χ3n) is 7.02. The summed E-state index contributed by atoms with van der Waals surface area (Å²) in [5.41, 5.74) is 3.94. The number of methoxy groups -OCH3 is 1. The molecular formula is C30H38N2O7. The Morgan fingerprint density at radius 1 is 0.897 bits per heavy atom. The van der Waals surface area contributed by atoms with Crippen LogP contribution in [0, 0.1) is 0 Å². The molecule has 2 aromatic carbocycles. The van der Waals surface area contributed by atoms with Crippen molar-refractivity contribution in [2.45, 2.75) is 76.2 Å². The highest BCUT2D eigenvalue weighted by Gasteiger charge is 2.31. The molecular weight excluding hydrogens is 500 g/mol. The van der Waals surface area contributed by atoms with Gasteiger partial charge in [-0.05, 0) is 68.7 Å². The van der Waals surface area contributed by atoms with Crippen LogP contribution in [0.5, 0.6) is 0 Å². The van der Waals surface area contributed by atoms with Gasteiger partial charge < -0.3 is 29.6 Å². The Morgan fingerprint density at radius 2 is 1.49 bits per heavy atom. The minimum atomic E-state index is -0.997. The maximum Gasteiger partial charge on any atom is 0.407 e. The van der Waals surface area contributed by atoms with E-state index in [4.69, 9.17) is 18.9 Å². The molecule has 1 saturated carbocycles. The molecule has 0 unspecified atom stereocenters. The molecule has 1 fully saturated rings. The van der Waals surface area contributed by atoms with Gasteiger partial charge in [0.05, 0.1) is 19.8 Å². The quantitative estimate of drug-likeness (QED) is 0.362. The predicted octanol–water partition coefficient (Wildman–Crippen LogP) is 4.92. The first-order valence-electron chi connectivity index (χ1n) is 13.4. The first-order valence-corrected chi connectivity index (χ1v) is 13.4. The van der Waals surface area contributed by atoms with Crippen LogP contribution in [0.25, 0.3) is 11.1 Å². The molecule has 0 heterocycles. The number of hydrogen-bond acceptors (Lipinski definition) is 7. The lowest BCUT2D eigenvalue weighted by Crippen LogP contribution is -2.46. The first-order chi connectivity index (χ1) is 18.6. The summed E-state index contributed by atoms with van der Waals surface area (Å²) < 4.78 is 21.7. The third kappa shape index (κ3) is 7.50. The van der Waals surface area contributed by atoms with Gasteiger partial charge in [0.15, 0.2) is 6.04 Å². The van der Waals surface area contributed by atoms with Crippen LogP contribution in [0.3, 0.4) is 0 Å². The second kappa shape index (κ2) is 12.5. The zero-order chi connectivity index (χ0) is 28.0. The molecule has 9 heteroatoms. The van der Waals surface area contributed by atoms with Crippen LogP contribution in [0.2, 0.25) is 0 Å². The fraction of sp³-hybridized carbons (Fsp3) is 0.500. The Labute approximate surface area is 229 Å². The summed E-state index contributed by atoms with van der Waals surface area (Å²) in [4.78, 5) is 37.1. The van der Waals surface area contributed by atoms with E-state index in [0.29, 0.717) is 12.8 Å². The van der Waals surface area contributed by atoms with E-state index in [0.717, 1.165) is 35.1 Å². The fourth-order valence-electron chi connectivity index (χ4n) is 5.17. The molecule has 210 valence electrons. The van der Waals surface area contributed by atoms with E-state index in [-0.39, 0.29) is 31.3 Å². The third-order valence-corrected chi connectivity index (χ3v) is 7.02. The summed E-state index contributed by atoms with van der Waals surface area (Å²) in [5.74, 6) is -0.691. The summed E-state index contributed by atoms with van der Waals surface area (Å²) >= 11 is 0. The van der Waals surface area contributed by atoms with Crippen LogP contribution < -0.4 is 10.6 Å². The van der Waals surface area contributed by atoms with Gasteiger partial charge in [-0.2, -0.15) is 0 Å². The lowest BCUT2D eigenvalue weighted by Gasteiger charge is -2.30. The maximum atomic E-state index is 12.7. The Morgan fingerprint density at radius 3 is 2.05 bits per heavy atom.